The molecular weight excluding hydrogens is 278 g/mol. The number of halogens is 1. The normalized spacial score (nSPS) is 18.9. The molecule has 1 N–H and O–H groups in total. The molecule has 0 aliphatic heterocycles. The molecule has 1 rings (SSSR count). The molecule has 1 aliphatic carbocycles. The van der Waals surface area contributed by atoms with Gasteiger partial charge in [-0.2, -0.15) is 0 Å². The Bertz CT molecular complexity index is 224. The molecule has 2 nitrogen and oxygen atoms in total. The molecule has 0 aromatic carbocycles. The van der Waals surface area contributed by atoms with Crippen molar-refractivity contribution in [2.45, 2.75) is 64.7 Å². The summed E-state index contributed by atoms with van der Waals surface area (Å²) in [5.41, 5.74) is 0.332. The van der Waals surface area contributed by atoms with E-state index in [1.54, 1.807) is 0 Å². The van der Waals surface area contributed by atoms with Gasteiger partial charge in [0.15, 0.2) is 0 Å². The van der Waals surface area contributed by atoms with Crippen LogP contribution in [0.4, 0.5) is 0 Å². The average Bonchev–Trinajstić information content (AvgIpc) is 2.38. The van der Waals surface area contributed by atoms with E-state index in [1.807, 2.05) is 0 Å². The Labute approximate surface area is 114 Å². The number of hydrogen-bond acceptors (Lipinski definition) is 1. The molecule has 0 radical (unpaired) electrons. The third-order valence-electron chi connectivity index (χ3n) is 3.87. The highest BCUT2D eigenvalue weighted by Crippen LogP contribution is 2.37. The van der Waals surface area contributed by atoms with E-state index in [0.29, 0.717) is 11.8 Å². The smallest absolute Gasteiger partial charge is 0.220 e. The van der Waals surface area contributed by atoms with Gasteiger partial charge in [-0.05, 0) is 24.7 Å². The molecule has 0 heterocycles. The number of nitrogens with one attached hydrogen (secondary N) is 1. The molecule has 0 bridgehead atoms. The lowest BCUT2D eigenvalue weighted by molar-refractivity contribution is -0.121. The lowest BCUT2D eigenvalue weighted by Crippen LogP contribution is -2.40. The molecule has 0 aromatic rings. The lowest BCUT2D eigenvalue weighted by Gasteiger charge is -2.35. The molecule has 0 saturated heterocycles. The number of carbonyl (C=O) groups is 1. The van der Waals surface area contributed by atoms with Gasteiger partial charge in [0.05, 0.1) is 0 Å². The van der Waals surface area contributed by atoms with Gasteiger partial charge in [-0.15, -0.1) is 0 Å². The Morgan fingerprint density at radius 1 is 1.24 bits per heavy atom. The third-order valence-corrected chi connectivity index (χ3v) is 5.06. The van der Waals surface area contributed by atoms with Gasteiger partial charge in [-0.3, -0.25) is 4.79 Å². The number of hydrogen-bond donors (Lipinski definition) is 1. The van der Waals surface area contributed by atoms with Crippen LogP contribution in [0.15, 0.2) is 0 Å². The molecule has 1 saturated carbocycles. The van der Waals surface area contributed by atoms with Crippen molar-refractivity contribution in [3.05, 3.63) is 0 Å². The minimum absolute atomic E-state index is 0.240. The lowest BCUT2D eigenvalue weighted by atomic mass is 9.75. The van der Waals surface area contributed by atoms with Crippen molar-refractivity contribution in [3.8, 4) is 0 Å². The van der Waals surface area contributed by atoms with E-state index in [4.69, 9.17) is 0 Å². The second kappa shape index (κ2) is 8.12. The number of rotatable bonds is 7. The van der Waals surface area contributed by atoms with E-state index >= 15 is 0 Å². The van der Waals surface area contributed by atoms with Crippen molar-refractivity contribution < 1.29 is 4.79 Å². The zero-order valence-electron chi connectivity index (χ0n) is 11.1. The summed E-state index contributed by atoms with van der Waals surface area (Å²) in [5.74, 6) is 0.240. The van der Waals surface area contributed by atoms with Gasteiger partial charge in [0.1, 0.15) is 0 Å². The van der Waals surface area contributed by atoms with E-state index in [-0.39, 0.29) is 5.91 Å². The highest BCUT2D eigenvalue weighted by atomic mass is 79.9. The first-order chi connectivity index (χ1) is 8.22. The van der Waals surface area contributed by atoms with Crippen LogP contribution in [-0.2, 0) is 4.79 Å². The van der Waals surface area contributed by atoms with Crippen LogP contribution in [-0.4, -0.2) is 17.8 Å². The monoisotopic (exact) mass is 303 g/mol. The Balaban J connectivity index is 2.24. The van der Waals surface area contributed by atoms with E-state index in [1.165, 1.54) is 38.5 Å². The summed E-state index contributed by atoms with van der Waals surface area (Å²) in [6.07, 6.45) is 10.6. The summed E-state index contributed by atoms with van der Waals surface area (Å²) >= 11 is 3.63. The molecule has 0 spiro atoms. The van der Waals surface area contributed by atoms with Crippen molar-refractivity contribution in [2.24, 2.45) is 5.41 Å². The molecule has 17 heavy (non-hydrogen) atoms. The minimum atomic E-state index is 0.240. The molecule has 1 aliphatic rings. The molecule has 1 fully saturated rings. The highest BCUT2D eigenvalue weighted by molar-refractivity contribution is 9.09. The van der Waals surface area contributed by atoms with Gasteiger partial charge in [0, 0.05) is 18.3 Å². The Kier molecular flexibility index (Phi) is 7.17. The second-order valence-electron chi connectivity index (χ2n) is 5.43. The first-order valence-corrected chi connectivity index (χ1v) is 8.17. The summed E-state index contributed by atoms with van der Waals surface area (Å²) in [6.45, 7) is 3.03. The minimum Gasteiger partial charge on any atom is -0.356 e. The molecule has 100 valence electrons. The summed E-state index contributed by atoms with van der Waals surface area (Å²) in [5, 5.41) is 4.16. The van der Waals surface area contributed by atoms with Crippen LogP contribution in [0.5, 0.6) is 0 Å². The van der Waals surface area contributed by atoms with Gasteiger partial charge >= 0.3 is 0 Å². The van der Waals surface area contributed by atoms with Crippen LogP contribution in [0, 0.1) is 5.41 Å². The largest absolute Gasteiger partial charge is 0.356 e. The van der Waals surface area contributed by atoms with Crippen LogP contribution in [0.3, 0.4) is 0 Å². The quantitative estimate of drug-likeness (QED) is 0.558. The molecule has 3 heteroatoms. The summed E-state index contributed by atoms with van der Waals surface area (Å²) in [4.78, 5) is 11.7. The van der Waals surface area contributed by atoms with E-state index in [0.717, 1.165) is 24.7 Å². The van der Waals surface area contributed by atoms with Crippen molar-refractivity contribution in [1.82, 2.24) is 5.32 Å². The van der Waals surface area contributed by atoms with Crippen LogP contribution in [0.25, 0.3) is 0 Å². The summed E-state index contributed by atoms with van der Waals surface area (Å²) in [7, 11) is 0. The van der Waals surface area contributed by atoms with Gasteiger partial charge in [0.2, 0.25) is 5.91 Å². The molecule has 0 atom stereocenters. The fourth-order valence-electron chi connectivity index (χ4n) is 2.57. The fourth-order valence-corrected chi connectivity index (χ4v) is 3.33. The average molecular weight is 304 g/mol. The number of carbonyl (C=O) groups excluding carboxylic acids is 1. The van der Waals surface area contributed by atoms with Crippen LogP contribution >= 0.6 is 15.9 Å². The van der Waals surface area contributed by atoms with Gasteiger partial charge in [-0.1, -0.05) is 55.0 Å². The number of amides is 1. The molecular formula is C14H26BrNO. The zero-order chi connectivity index (χ0) is 12.6. The summed E-state index contributed by atoms with van der Waals surface area (Å²) < 4.78 is 0. The first-order valence-electron chi connectivity index (χ1n) is 7.05. The van der Waals surface area contributed by atoms with E-state index in [2.05, 4.69) is 28.2 Å². The Hall–Kier alpha value is -0.0500. The summed E-state index contributed by atoms with van der Waals surface area (Å²) in [6, 6.07) is 0. The molecule has 1 amide bonds. The van der Waals surface area contributed by atoms with E-state index in [9.17, 15) is 4.79 Å². The van der Waals surface area contributed by atoms with Gasteiger partial charge in [0.25, 0.3) is 0 Å². The number of unbranched alkanes of at least 4 members (excludes halogenated alkanes) is 2. The van der Waals surface area contributed by atoms with Crippen molar-refractivity contribution in [3.63, 3.8) is 0 Å². The van der Waals surface area contributed by atoms with Crippen molar-refractivity contribution in [1.29, 1.82) is 0 Å². The topological polar surface area (TPSA) is 29.1 Å². The fraction of sp³-hybridized carbons (Fsp3) is 0.929. The molecule has 0 aromatic heterocycles. The maximum Gasteiger partial charge on any atom is 0.220 e. The predicted molar refractivity (Wildman–Crippen MR) is 76.5 cm³/mol. The maximum atomic E-state index is 11.7. The molecule has 0 unspecified atom stereocenters. The van der Waals surface area contributed by atoms with Crippen molar-refractivity contribution in [2.75, 3.05) is 11.9 Å². The van der Waals surface area contributed by atoms with Gasteiger partial charge in [-0.25, -0.2) is 0 Å². The van der Waals surface area contributed by atoms with E-state index < -0.39 is 0 Å². The first kappa shape index (κ1) is 15.0. The Morgan fingerprint density at radius 2 is 1.94 bits per heavy atom. The van der Waals surface area contributed by atoms with Crippen LogP contribution in [0.2, 0.25) is 0 Å². The second-order valence-corrected chi connectivity index (χ2v) is 5.99. The van der Waals surface area contributed by atoms with Crippen molar-refractivity contribution >= 4 is 21.8 Å². The van der Waals surface area contributed by atoms with Crippen LogP contribution in [0.1, 0.15) is 64.7 Å². The predicted octanol–water partition coefficient (Wildman–Crippen LogP) is 4.03. The standard InChI is InChI=1S/C14H26BrNO/c1-2-3-5-8-13(17)16-12-14(11-15)9-6-4-7-10-14/h2-12H2,1H3,(H,16,17). The van der Waals surface area contributed by atoms with Gasteiger partial charge < -0.3 is 5.32 Å². The third kappa shape index (κ3) is 5.41. The Morgan fingerprint density at radius 3 is 2.53 bits per heavy atom. The SMILES string of the molecule is CCCCCC(=O)NCC1(CBr)CCCCC1. The van der Waals surface area contributed by atoms with Crippen LogP contribution < -0.4 is 5.32 Å². The maximum absolute atomic E-state index is 11.7. The zero-order valence-corrected chi connectivity index (χ0v) is 12.7. The number of alkyl halides is 1. The highest BCUT2D eigenvalue weighted by Gasteiger charge is 2.31.